The normalized spacial score (nSPS) is 20.9. The first-order chi connectivity index (χ1) is 10.0. The highest BCUT2D eigenvalue weighted by atomic mass is 16.7. The van der Waals surface area contributed by atoms with E-state index in [1.165, 1.54) is 12.8 Å². The lowest BCUT2D eigenvalue weighted by atomic mass is 9.99. The van der Waals surface area contributed by atoms with Crippen LogP contribution in [0.25, 0.3) is 0 Å². The summed E-state index contributed by atoms with van der Waals surface area (Å²) in [5.74, 6) is 1.07. The van der Waals surface area contributed by atoms with Crippen molar-refractivity contribution >= 4 is 11.6 Å². The summed E-state index contributed by atoms with van der Waals surface area (Å²) in [7, 11) is 0. The van der Waals surface area contributed by atoms with Crippen molar-refractivity contribution in [3.63, 3.8) is 0 Å². The van der Waals surface area contributed by atoms with Gasteiger partial charge in [0.05, 0.1) is 0 Å². The van der Waals surface area contributed by atoms with E-state index in [2.05, 4.69) is 5.32 Å². The second-order valence-electron chi connectivity index (χ2n) is 6.44. The number of nitrogens with one attached hydrogen (secondary N) is 1. The Kier molecular flexibility index (Phi) is 3.79. The van der Waals surface area contributed by atoms with Gasteiger partial charge in [0.2, 0.25) is 11.7 Å². The molecule has 114 valence electrons. The summed E-state index contributed by atoms with van der Waals surface area (Å²) in [6.07, 6.45) is 6.83. The van der Waals surface area contributed by atoms with Gasteiger partial charge in [0, 0.05) is 31.5 Å². The Bertz CT molecular complexity index is 531. The van der Waals surface area contributed by atoms with Crippen LogP contribution in [0.1, 0.15) is 52.4 Å². The van der Waals surface area contributed by atoms with Crippen molar-refractivity contribution in [2.45, 2.75) is 58.2 Å². The van der Waals surface area contributed by atoms with Crippen LogP contribution >= 0.6 is 0 Å². The molecule has 4 heteroatoms. The fourth-order valence-corrected chi connectivity index (χ4v) is 3.09. The third-order valence-electron chi connectivity index (χ3n) is 4.15. The van der Waals surface area contributed by atoms with Gasteiger partial charge in [-0.25, -0.2) is 0 Å². The molecule has 2 aliphatic rings. The van der Waals surface area contributed by atoms with Gasteiger partial charge in [0.15, 0.2) is 11.5 Å². The minimum atomic E-state index is -0.633. The number of benzene rings is 1. The van der Waals surface area contributed by atoms with E-state index < -0.39 is 5.79 Å². The first-order valence-corrected chi connectivity index (χ1v) is 7.86. The van der Waals surface area contributed by atoms with Crippen molar-refractivity contribution in [3.8, 4) is 11.5 Å². The van der Waals surface area contributed by atoms with Gasteiger partial charge in [-0.1, -0.05) is 25.7 Å². The van der Waals surface area contributed by atoms with Crippen LogP contribution in [-0.2, 0) is 4.79 Å². The van der Waals surface area contributed by atoms with Gasteiger partial charge in [-0.15, -0.1) is 0 Å². The predicted octanol–water partition coefficient (Wildman–Crippen LogP) is 4.10. The van der Waals surface area contributed by atoms with Crippen molar-refractivity contribution in [3.05, 3.63) is 18.2 Å². The molecule has 3 rings (SSSR count). The molecule has 1 saturated carbocycles. The fraction of sp³-hybridized carbons (Fsp3) is 0.588. The predicted molar refractivity (Wildman–Crippen MR) is 81.6 cm³/mol. The number of fused-ring (bicyclic) bond motifs is 1. The molecule has 1 heterocycles. The zero-order valence-electron chi connectivity index (χ0n) is 12.8. The summed E-state index contributed by atoms with van der Waals surface area (Å²) in [4.78, 5) is 12.4. The summed E-state index contributed by atoms with van der Waals surface area (Å²) >= 11 is 0. The van der Waals surface area contributed by atoms with E-state index in [-0.39, 0.29) is 11.8 Å². The third-order valence-corrected chi connectivity index (χ3v) is 4.15. The highest BCUT2D eigenvalue weighted by Gasteiger charge is 2.31. The Morgan fingerprint density at radius 2 is 1.76 bits per heavy atom. The lowest BCUT2D eigenvalue weighted by molar-refractivity contribution is -0.120. The molecule has 1 aliphatic carbocycles. The molecule has 0 saturated heterocycles. The van der Waals surface area contributed by atoms with Gasteiger partial charge in [-0.3, -0.25) is 4.79 Å². The molecular weight excluding hydrogens is 266 g/mol. The number of amides is 1. The second kappa shape index (κ2) is 5.58. The van der Waals surface area contributed by atoms with E-state index in [1.807, 2.05) is 32.0 Å². The molecule has 1 fully saturated rings. The molecule has 0 radical (unpaired) electrons. The minimum Gasteiger partial charge on any atom is -0.449 e. The van der Waals surface area contributed by atoms with Crippen LogP contribution in [0, 0.1) is 5.92 Å². The highest BCUT2D eigenvalue weighted by Crippen LogP contribution is 2.40. The highest BCUT2D eigenvalue weighted by molar-refractivity contribution is 5.92. The van der Waals surface area contributed by atoms with Gasteiger partial charge in [0.1, 0.15) is 0 Å². The average Bonchev–Trinajstić information content (AvgIpc) is 2.62. The Morgan fingerprint density at radius 3 is 2.48 bits per heavy atom. The molecule has 4 nitrogen and oxygen atoms in total. The molecular formula is C17H23NO3. The average molecular weight is 289 g/mol. The first-order valence-electron chi connectivity index (χ1n) is 7.86. The van der Waals surface area contributed by atoms with Crippen molar-refractivity contribution < 1.29 is 14.3 Å². The number of hydrogen-bond donors (Lipinski definition) is 1. The number of carbonyl (C=O) groups excluding carboxylic acids is 1. The van der Waals surface area contributed by atoms with Crippen molar-refractivity contribution in [2.24, 2.45) is 5.92 Å². The molecule has 0 atom stereocenters. The molecule has 1 aromatic rings. The van der Waals surface area contributed by atoms with E-state index in [0.717, 1.165) is 37.1 Å². The number of rotatable bonds is 2. The number of anilines is 1. The zero-order chi connectivity index (χ0) is 14.9. The summed E-state index contributed by atoms with van der Waals surface area (Å²) in [6.45, 7) is 3.74. The molecule has 1 aromatic carbocycles. The largest absolute Gasteiger partial charge is 0.449 e. The standard InChI is InChI=1S/C17H23NO3/c1-17(2)20-14-10-9-13(11-15(14)21-17)18-16(19)12-7-5-3-4-6-8-12/h9-12H,3-8H2,1-2H3,(H,18,19). The summed E-state index contributed by atoms with van der Waals surface area (Å²) in [5, 5.41) is 3.02. The zero-order valence-corrected chi connectivity index (χ0v) is 12.8. The molecule has 0 unspecified atom stereocenters. The molecule has 1 aliphatic heterocycles. The lowest BCUT2D eigenvalue weighted by Crippen LogP contribution is -2.29. The molecule has 0 bridgehead atoms. The van der Waals surface area contributed by atoms with E-state index in [0.29, 0.717) is 5.75 Å². The SMILES string of the molecule is CC1(C)Oc2ccc(NC(=O)C3CCCCCC3)cc2O1. The smallest absolute Gasteiger partial charge is 0.246 e. The maximum atomic E-state index is 12.4. The van der Waals surface area contributed by atoms with E-state index in [4.69, 9.17) is 9.47 Å². The second-order valence-corrected chi connectivity index (χ2v) is 6.44. The van der Waals surface area contributed by atoms with Crippen LogP contribution in [-0.4, -0.2) is 11.7 Å². The summed E-state index contributed by atoms with van der Waals surface area (Å²) < 4.78 is 11.4. The number of ether oxygens (including phenoxy) is 2. The quantitative estimate of drug-likeness (QED) is 0.834. The van der Waals surface area contributed by atoms with E-state index >= 15 is 0 Å². The Hall–Kier alpha value is -1.71. The fourth-order valence-electron chi connectivity index (χ4n) is 3.09. The summed E-state index contributed by atoms with van der Waals surface area (Å²) in [5.41, 5.74) is 0.782. The maximum Gasteiger partial charge on any atom is 0.246 e. The van der Waals surface area contributed by atoms with Crippen LogP contribution in [0.2, 0.25) is 0 Å². The molecule has 0 aromatic heterocycles. The van der Waals surface area contributed by atoms with Gasteiger partial charge >= 0.3 is 0 Å². The van der Waals surface area contributed by atoms with E-state index in [9.17, 15) is 4.79 Å². The van der Waals surface area contributed by atoms with Gasteiger partial charge in [-0.2, -0.15) is 0 Å². The van der Waals surface area contributed by atoms with Crippen molar-refractivity contribution in [2.75, 3.05) is 5.32 Å². The molecule has 1 amide bonds. The Morgan fingerprint density at radius 1 is 1.10 bits per heavy atom. The Balaban J connectivity index is 1.67. The van der Waals surface area contributed by atoms with Gasteiger partial charge in [0.25, 0.3) is 0 Å². The van der Waals surface area contributed by atoms with Crippen LogP contribution in [0.5, 0.6) is 11.5 Å². The molecule has 1 N–H and O–H groups in total. The monoisotopic (exact) mass is 289 g/mol. The van der Waals surface area contributed by atoms with Gasteiger partial charge < -0.3 is 14.8 Å². The lowest BCUT2D eigenvalue weighted by Gasteiger charge is -2.16. The van der Waals surface area contributed by atoms with E-state index in [1.54, 1.807) is 0 Å². The number of hydrogen-bond acceptors (Lipinski definition) is 3. The minimum absolute atomic E-state index is 0.134. The van der Waals surface area contributed by atoms with Crippen LogP contribution in [0.15, 0.2) is 18.2 Å². The first kappa shape index (κ1) is 14.2. The van der Waals surface area contributed by atoms with Crippen LogP contribution in [0.4, 0.5) is 5.69 Å². The Labute approximate surface area is 125 Å². The number of carbonyl (C=O) groups is 1. The molecule has 21 heavy (non-hydrogen) atoms. The summed E-state index contributed by atoms with van der Waals surface area (Å²) in [6, 6.07) is 5.57. The maximum absolute atomic E-state index is 12.4. The van der Waals surface area contributed by atoms with Crippen molar-refractivity contribution in [1.29, 1.82) is 0 Å². The van der Waals surface area contributed by atoms with Crippen molar-refractivity contribution in [1.82, 2.24) is 0 Å². The topological polar surface area (TPSA) is 47.6 Å². The van der Waals surface area contributed by atoms with Crippen LogP contribution < -0.4 is 14.8 Å². The third kappa shape index (κ3) is 3.31. The molecule has 0 spiro atoms. The van der Waals surface area contributed by atoms with Crippen LogP contribution in [0.3, 0.4) is 0 Å². The van der Waals surface area contributed by atoms with Gasteiger partial charge in [-0.05, 0) is 25.0 Å².